The minimum absolute atomic E-state index is 0.0965. The molecule has 4 atom stereocenters. The van der Waals surface area contributed by atoms with Crippen molar-refractivity contribution in [2.24, 2.45) is 11.8 Å². The number of benzene rings is 1. The smallest absolute Gasteiger partial charge is 0.178 e. The molecule has 3 unspecified atom stereocenters. The molecule has 1 aromatic rings. The summed E-state index contributed by atoms with van der Waals surface area (Å²) in [7, 11) is -3.40. The van der Waals surface area contributed by atoms with Crippen LogP contribution in [0.15, 0.2) is 47.9 Å². The Morgan fingerprint density at radius 2 is 1.76 bits per heavy atom. The van der Waals surface area contributed by atoms with E-state index in [0.29, 0.717) is 0 Å². The summed E-state index contributed by atoms with van der Waals surface area (Å²) in [4.78, 5) is 0.255. The highest BCUT2D eigenvalue weighted by atomic mass is 32.2. The van der Waals surface area contributed by atoms with Gasteiger partial charge >= 0.3 is 0 Å². The number of sulfone groups is 1. The van der Waals surface area contributed by atoms with Gasteiger partial charge in [-0.1, -0.05) is 38.1 Å². The molecule has 0 aliphatic carbocycles. The van der Waals surface area contributed by atoms with Crippen LogP contribution in [0.25, 0.3) is 0 Å². The fraction of sp³-hybridized carbons (Fsp3) is 0.500. The highest BCUT2D eigenvalue weighted by molar-refractivity contribution is 7.91. The molecule has 0 aliphatic rings. The molecule has 0 radical (unpaired) electrons. The molecule has 0 heterocycles. The second-order valence-corrected chi connectivity index (χ2v) is 7.54. The van der Waals surface area contributed by atoms with E-state index in [2.05, 4.69) is 6.58 Å². The maximum Gasteiger partial charge on any atom is 0.178 e. The quantitative estimate of drug-likeness (QED) is 0.720. The number of hydrogen-bond acceptors (Lipinski definition) is 4. The fourth-order valence-corrected chi connectivity index (χ4v) is 3.49. The minimum atomic E-state index is -3.40. The molecule has 4 nitrogen and oxygen atoms in total. The maximum atomic E-state index is 12.1. The SMILES string of the molecule is C=CC(C)[C@H](O)C(C)C(O)CCS(=O)(=O)c1ccccc1. The summed E-state index contributed by atoms with van der Waals surface area (Å²) in [6, 6.07) is 8.17. The third kappa shape index (κ3) is 4.95. The van der Waals surface area contributed by atoms with Gasteiger partial charge in [0.2, 0.25) is 0 Å². The Hall–Kier alpha value is -1.17. The Bertz CT molecular complexity index is 539. The van der Waals surface area contributed by atoms with E-state index in [0.717, 1.165) is 0 Å². The third-order valence-corrected chi connectivity index (χ3v) is 5.60. The molecule has 2 N–H and O–H groups in total. The molecule has 0 saturated heterocycles. The van der Waals surface area contributed by atoms with E-state index < -0.39 is 28.0 Å². The first-order chi connectivity index (χ1) is 9.79. The monoisotopic (exact) mass is 312 g/mol. The van der Waals surface area contributed by atoms with E-state index in [-0.39, 0.29) is 23.0 Å². The van der Waals surface area contributed by atoms with Crippen LogP contribution < -0.4 is 0 Å². The van der Waals surface area contributed by atoms with Crippen molar-refractivity contribution in [3.05, 3.63) is 43.0 Å². The van der Waals surface area contributed by atoms with Gasteiger partial charge in [0.25, 0.3) is 0 Å². The van der Waals surface area contributed by atoms with Crippen molar-refractivity contribution in [1.82, 2.24) is 0 Å². The Balaban J connectivity index is 2.64. The summed E-state index contributed by atoms with van der Waals surface area (Å²) in [6.07, 6.45) is 0.103. The van der Waals surface area contributed by atoms with Crippen LogP contribution in [0.5, 0.6) is 0 Å². The predicted molar refractivity (Wildman–Crippen MR) is 83.7 cm³/mol. The van der Waals surface area contributed by atoms with Crippen molar-refractivity contribution in [1.29, 1.82) is 0 Å². The first kappa shape index (κ1) is 17.9. The fourth-order valence-electron chi connectivity index (χ4n) is 2.13. The van der Waals surface area contributed by atoms with Crippen LogP contribution >= 0.6 is 0 Å². The zero-order valence-electron chi connectivity index (χ0n) is 12.5. The van der Waals surface area contributed by atoms with Crippen LogP contribution in [0, 0.1) is 11.8 Å². The minimum Gasteiger partial charge on any atom is -0.393 e. The van der Waals surface area contributed by atoms with E-state index in [1.54, 1.807) is 43.3 Å². The Kier molecular flexibility index (Phi) is 6.58. The maximum absolute atomic E-state index is 12.1. The van der Waals surface area contributed by atoms with Crippen LogP contribution in [-0.2, 0) is 9.84 Å². The largest absolute Gasteiger partial charge is 0.393 e. The Morgan fingerprint density at radius 1 is 1.19 bits per heavy atom. The molecular weight excluding hydrogens is 288 g/mol. The normalized spacial score (nSPS) is 17.7. The van der Waals surface area contributed by atoms with Crippen LogP contribution in [0.2, 0.25) is 0 Å². The number of aliphatic hydroxyl groups is 2. The van der Waals surface area contributed by atoms with Crippen molar-refractivity contribution in [2.75, 3.05) is 5.75 Å². The number of aliphatic hydroxyl groups excluding tert-OH is 2. The molecule has 0 aromatic heterocycles. The molecule has 0 fully saturated rings. The summed E-state index contributed by atoms with van der Waals surface area (Å²) < 4.78 is 24.3. The van der Waals surface area contributed by atoms with E-state index in [1.807, 2.05) is 6.92 Å². The van der Waals surface area contributed by atoms with Gasteiger partial charge < -0.3 is 10.2 Å². The molecule has 118 valence electrons. The van der Waals surface area contributed by atoms with Crippen molar-refractivity contribution < 1.29 is 18.6 Å². The summed E-state index contributed by atoms with van der Waals surface area (Å²) in [5.41, 5.74) is 0. The highest BCUT2D eigenvalue weighted by Crippen LogP contribution is 2.21. The molecule has 0 saturated carbocycles. The first-order valence-electron chi connectivity index (χ1n) is 7.06. The molecule has 1 rings (SSSR count). The van der Waals surface area contributed by atoms with E-state index in [1.165, 1.54) is 0 Å². The van der Waals surface area contributed by atoms with Crippen molar-refractivity contribution in [2.45, 2.75) is 37.4 Å². The van der Waals surface area contributed by atoms with Gasteiger partial charge in [0, 0.05) is 11.8 Å². The van der Waals surface area contributed by atoms with Crippen molar-refractivity contribution in [3.63, 3.8) is 0 Å². The lowest BCUT2D eigenvalue weighted by atomic mass is 9.88. The van der Waals surface area contributed by atoms with E-state index >= 15 is 0 Å². The number of hydrogen-bond donors (Lipinski definition) is 2. The summed E-state index contributed by atoms with van der Waals surface area (Å²) in [5.74, 6) is -0.707. The molecule has 0 aliphatic heterocycles. The Morgan fingerprint density at radius 3 is 2.29 bits per heavy atom. The van der Waals surface area contributed by atoms with Gasteiger partial charge in [-0.2, -0.15) is 0 Å². The molecule has 0 spiro atoms. The average molecular weight is 312 g/mol. The van der Waals surface area contributed by atoms with Gasteiger partial charge in [-0.3, -0.25) is 0 Å². The summed E-state index contributed by atoms with van der Waals surface area (Å²) >= 11 is 0. The third-order valence-electron chi connectivity index (χ3n) is 3.84. The van der Waals surface area contributed by atoms with Crippen LogP contribution in [0.1, 0.15) is 20.3 Å². The lowest BCUT2D eigenvalue weighted by Gasteiger charge is -2.27. The molecule has 21 heavy (non-hydrogen) atoms. The lowest BCUT2D eigenvalue weighted by molar-refractivity contribution is 0.00309. The van der Waals surface area contributed by atoms with Gasteiger partial charge in [-0.15, -0.1) is 6.58 Å². The molecular formula is C16H24O4S. The number of rotatable bonds is 8. The predicted octanol–water partition coefficient (Wildman–Crippen LogP) is 2.03. The van der Waals surface area contributed by atoms with Gasteiger partial charge in [0.05, 0.1) is 22.9 Å². The Labute approximate surface area is 127 Å². The lowest BCUT2D eigenvalue weighted by Crippen LogP contribution is -2.34. The molecule has 0 amide bonds. The van der Waals surface area contributed by atoms with Crippen LogP contribution in [0.3, 0.4) is 0 Å². The zero-order valence-corrected chi connectivity index (χ0v) is 13.3. The first-order valence-corrected chi connectivity index (χ1v) is 8.71. The molecule has 0 bridgehead atoms. The highest BCUT2D eigenvalue weighted by Gasteiger charge is 2.27. The van der Waals surface area contributed by atoms with Crippen LogP contribution in [0.4, 0.5) is 0 Å². The zero-order chi connectivity index (χ0) is 16.0. The second-order valence-electron chi connectivity index (χ2n) is 5.43. The summed E-state index contributed by atoms with van der Waals surface area (Å²) in [5, 5.41) is 20.1. The second kappa shape index (κ2) is 7.73. The molecule has 5 heteroatoms. The van der Waals surface area contributed by atoms with Gasteiger partial charge in [-0.25, -0.2) is 8.42 Å². The van der Waals surface area contributed by atoms with Crippen LogP contribution in [-0.4, -0.2) is 36.6 Å². The average Bonchev–Trinajstić information content (AvgIpc) is 2.51. The standard InChI is InChI=1S/C16H24O4S/c1-4-12(2)16(18)13(3)15(17)10-11-21(19,20)14-8-6-5-7-9-14/h4-9,12-13,15-18H,1,10-11H2,2-3H3/t12?,13?,15?,16-/m0/s1. The molecule has 1 aromatic carbocycles. The van der Waals surface area contributed by atoms with E-state index in [9.17, 15) is 18.6 Å². The topological polar surface area (TPSA) is 74.6 Å². The van der Waals surface area contributed by atoms with Gasteiger partial charge in [-0.05, 0) is 18.6 Å². The van der Waals surface area contributed by atoms with Gasteiger partial charge in [0.1, 0.15) is 0 Å². The van der Waals surface area contributed by atoms with Gasteiger partial charge in [0.15, 0.2) is 9.84 Å². The van der Waals surface area contributed by atoms with Crippen molar-refractivity contribution in [3.8, 4) is 0 Å². The van der Waals surface area contributed by atoms with Crippen molar-refractivity contribution >= 4 is 9.84 Å². The summed E-state index contributed by atoms with van der Waals surface area (Å²) in [6.45, 7) is 7.13. The van der Waals surface area contributed by atoms with E-state index in [4.69, 9.17) is 0 Å².